The van der Waals surface area contributed by atoms with Crippen LogP contribution in [0.25, 0.3) is 0 Å². The highest BCUT2D eigenvalue weighted by atomic mass is 79.9. The van der Waals surface area contributed by atoms with Gasteiger partial charge in [-0.3, -0.25) is 0 Å². The maximum Gasteiger partial charge on any atom is 0.246 e. The largest absolute Gasteiger partial charge is 0.389 e. The Morgan fingerprint density at radius 1 is 1.37 bits per heavy atom. The highest BCUT2D eigenvalue weighted by Gasteiger charge is 2.40. The molecule has 1 aliphatic heterocycles. The van der Waals surface area contributed by atoms with Gasteiger partial charge < -0.3 is 5.11 Å². The predicted octanol–water partition coefficient (Wildman–Crippen LogP) is 2.90. The molecule has 0 radical (unpaired) electrons. The summed E-state index contributed by atoms with van der Waals surface area (Å²) in [4.78, 5) is -0.114. The third-order valence-corrected chi connectivity index (χ3v) is 6.20. The van der Waals surface area contributed by atoms with Crippen LogP contribution in [-0.4, -0.2) is 36.5 Å². The summed E-state index contributed by atoms with van der Waals surface area (Å²) in [5.74, 6) is 0. The Hall–Kier alpha value is 0.150. The second-order valence-electron chi connectivity index (χ2n) is 4.78. The minimum Gasteiger partial charge on any atom is -0.389 e. The van der Waals surface area contributed by atoms with E-state index in [-0.39, 0.29) is 28.0 Å². The van der Waals surface area contributed by atoms with Crippen molar-refractivity contribution >= 4 is 49.2 Å². The molecule has 1 aromatic rings. The van der Waals surface area contributed by atoms with Gasteiger partial charge in [-0.1, -0.05) is 39.1 Å². The van der Waals surface area contributed by atoms with E-state index in [4.69, 9.17) is 23.2 Å². The van der Waals surface area contributed by atoms with Gasteiger partial charge in [0, 0.05) is 17.6 Å². The second kappa shape index (κ2) is 5.16. The van der Waals surface area contributed by atoms with E-state index >= 15 is 0 Å². The van der Waals surface area contributed by atoms with E-state index in [1.54, 1.807) is 6.92 Å². The minimum absolute atomic E-state index is 0.0397. The van der Waals surface area contributed by atoms with E-state index in [0.717, 1.165) is 0 Å². The Kier molecular flexibility index (Phi) is 4.22. The van der Waals surface area contributed by atoms with Crippen molar-refractivity contribution in [2.75, 3.05) is 13.1 Å². The molecule has 0 aliphatic carbocycles. The molecule has 106 valence electrons. The predicted molar refractivity (Wildman–Crippen MR) is 78.2 cm³/mol. The van der Waals surface area contributed by atoms with Gasteiger partial charge >= 0.3 is 0 Å². The molecule has 0 saturated carbocycles. The highest BCUT2D eigenvalue weighted by molar-refractivity contribution is 9.10. The smallest absolute Gasteiger partial charge is 0.246 e. The van der Waals surface area contributed by atoms with Gasteiger partial charge in [0.25, 0.3) is 0 Å². The van der Waals surface area contributed by atoms with Crippen molar-refractivity contribution in [2.45, 2.75) is 23.8 Å². The molecule has 1 heterocycles. The normalized spacial score (nSPS) is 24.9. The molecule has 0 aromatic heterocycles. The van der Waals surface area contributed by atoms with Gasteiger partial charge in [0.05, 0.1) is 15.6 Å². The van der Waals surface area contributed by atoms with Gasteiger partial charge in [-0.25, -0.2) is 8.42 Å². The molecule has 0 bridgehead atoms. The van der Waals surface area contributed by atoms with Crippen LogP contribution in [0.5, 0.6) is 0 Å². The number of β-amino-alcohol motifs (C(OH)–C–C–N with tert-alkyl or cyclic N) is 1. The lowest BCUT2D eigenvalue weighted by molar-refractivity contribution is 0.0762. The van der Waals surface area contributed by atoms with Crippen LogP contribution in [0.1, 0.15) is 13.3 Å². The third-order valence-electron chi connectivity index (χ3n) is 2.98. The highest BCUT2D eigenvalue weighted by Crippen LogP contribution is 2.36. The van der Waals surface area contributed by atoms with E-state index in [9.17, 15) is 13.5 Å². The van der Waals surface area contributed by atoms with Crippen LogP contribution in [0.15, 0.2) is 21.5 Å². The summed E-state index contributed by atoms with van der Waals surface area (Å²) in [5.41, 5.74) is -1.01. The van der Waals surface area contributed by atoms with Gasteiger partial charge in [0.1, 0.15) is 4.90 Å². The average Bonchev–Trinajstić information content (AvgIpc) is 2.57. The van der Waals surface area contributed by atoms with Crippen molar-refractivity contribution < 1.29 is 13.5 Å². The fourth-order valence-electron chi connectivity index (χ4n) is 2.01. The second-order valence-corrected chi connectivity index (χ2v) is 8.39. The van der Waals surface area contributed by atoms with Crippen molar-refractivity contribution in [2.24, 2.45) is 0 Å². The van der Waals surface area contributed by atoms with Gasteiger partial charge in [0.15, 0.2) is 0 Å². The Balaban J connectivity index is 2.47. The van der Waals surface area contributed by atoms with E-state index in [1.165, 1.54) is 16.4 Å². The minimum atomic E-state index is -3.80. The van der Waals surface area contributed by atoms with Crippen LogP contribution in [0.2, 0.25) is 10.0 Å². The molecule has 1 aromatic carbocycles. The van der Waals surface area contributed by atoms with Crippen molar-refractivity contribution in [3.8, 4) is 0 Å². The lowest BCUT2D eigenvalue weighted by Crippen LogP contribution is -2.34. The number of nitrogens with zero attached hydrogens (tertiary/aromatic N) is 1. The fourth-order valence-corrected chi connectivity index (χ4v) is 5.46. The van der Waals surface area contributed by atoms with Crippen LogP contribution in [0.4, 0.5) is 0 Å². The van der Waals surface area contributed by atoms with Crippen LogP contribution < -0.4 is 0 Å². The van der Waals surface area contributed by atoms with E-state index in [2.05, 4.69) is 15.9 Å². The molecule has 2 rings (SSSR count). The Morgan fingerprint density at radius 2 is 1.89 bits per heavy atom. The Morgan fingerprint density at radius 3 is 2.32 bits per heavy atom. The van der Waals surface area contributed by atoms with Crippen molar-refractivity contribution in [1.82, 2.24) is 4.31 Å². The molecule has 8 heteroatoms. The zero-order chi connectivity index (χ0) is 14.4. The SMILES string of the molecule is CC1(O)CCN(S(=O)(=O)c2c(Cl)cc(Br)cc2Cl)C1. The first-order chi connectivity index (χ1) is 8.63. The summed E-state index contributed by atoms with van der Waals surface area (Å²) in [7, 11) is -3.80. The molecule has 0 amide bonds. The Labute approximate surface area is 130 Å². The molecular formula is C11H12BrCl2NO3S. The number of benzene rings is 1. The third kappa shape index (κ3) is 3.09. The maximum absolute atomic E-state index is 12.5. The number of hydrogen-bond donors (Lipinski definition) is 1. The van der Waals surface area contributed by atoms with Crippen molar-refractivity contribution in [3.63, 3.8) is 0 Å². The molecule has 0 spiro atoms. The summed E-state index contributed by atoms with van der Waals surface area (Å²) < 4.78 is 26.8. The molecule has 4 nitrogen and oxygen atoms in total. The van der Waals surface area contributed by atoms with Gasteiger partial charge in [0.2, 0.25) is 10.0 Å². The molecule has 1 aliphatic rings. The lowest BCUT2D eigenvalue weighted by Gasteiger charge is -2.20. The number of sulfonamides is 1. The number of halogens is 3. The lowest BCUT2D eigenvalue weighted by atomic mass is 10.1. The van der Waals surface area contributed by atoms with Crippen molar-refractivity contribution in [1.29, 1.82) is 0 Å². The summed E-state index contributed by atoms with van der Waals surface area (Å²) in [6.07, 6.45) is 0.387. The van der Waals surface area contributed by atoms with E-state index in [0.29, 0.717) is 10.9 Å². The number of rotatable bonds is 2. The molecule has 1 saturated heterocycles. The quantitative estimate of drug-likeness (QED) is 0.847. The Bertz CT molecular complexity index is 595. The van der Waals surface area contributed by atoms with Crippen LogP contribution in [0.3, 0.4) is 0 Å². The van der Waals surface area contributed by atoms with Crippen molar-refractivity contribution in [3.05, 3.63) is 26.7 Å². The molecular weight excluding hydrogens is 377 g/mol. The first kappa shape index (κ1) is 15.5. The van der Waals surface area contributed by atoms with Crippen LogP contribution in [0, 0.1) is 0 Å². The molecule has 1 N–H and O–H groups in total. The zero-order valence-corrected chi connectivity index (χ0v) is 13.9. The van der Waals surface area contributed by atoms with Gasteiger partial charge in [-0.2, -0.15) is 4.31 Å². The van der Waals surface area contributed by atoms with Gasteiger partial charge in [-0.05, 0) is 25.5 Å². The van der Waals surface area contributed by atoms with Crippen LogP contribution in [-0.2, 0) is 10.0 Å². The summed E-state index contributed by atoms with van der Waals surface area (Å²) >= 11 is 15.2. The van der Waals surface area contributed by atoms with E-state index < -0.39 is 15.6 Å². The van der Waals surface area contributed by atoms with Gasteiger partial charge in [-0.15, -0.1) is 0 Å². The fraction of sp³-hybridized carbons (Fsp3) is 0.455. The molecule has 1 atom stereocenters. The maximum atomic E-state index is 12.5. The summed E-state index contributed by atoms with van der Waals surface area (Å²) in [5, 5.41) is 10.0. The molecule has 1 fully saturated rings. The average molecular weight is 389 g/mol. The topological polar surface area (TPSA) is 57.6 Å². The summed E-state index contributed by atoms with van der Waals surface area (Å²) in [6, 6.07) is 2.96. The zero-order valence-electron chi connectivity index (χ0n) is 10.0. The van der Waals surface area contributed by atoms with Crippen LogP contribution >= 0.6 is 39.1 Å². The molecule has 19 heavy (non-hydrogen) atoms. The first-order valence-electron chi connectivity index (χ1n) is 5.50. The monoisotopic (exact) mass is 387 g/mol. The first-order valence-corrected chi connectivity index (χ1v) is 8.49. The number of hydrogen-bond acceptors (Lipinski definition) is 3. The summed E-state index contributed by atoms with van der Waals surface area (Å²) in [6.45, 7) is 1.89. The standard InChI is InChI=1S/C11H12BrCl2NO3S/c1-11(16)2-3-15(6-11)19(17,18)10-8(13)4-7(12)5-9(10)14/h4-5,16H,2-3,6H2,1H3. The molecule has 1 unspecified atom stereocenters. The number of aliphatic hydroxyl groups is 1. The van der Waals surface area contributed by atoms with E-state index in [1.807, 2.05) is 0 Å².